The van der Waals surface area contributed by atoms with E-state index in [2.05, 4.69) is 0 Å². The molecular formula is C20H28FN3O3. The molecule has 7 heteroatoms. The van der Waals surface area contributed by atoms with Crippen LogP contribution in [0.5, 0.6) is 5.75 Å². The summed E-state index contributed by atoms with van der Waals surface area (Å²) in [6.07, 6.45) is 4.09. The lowest BCUT2D eigenvalue weighted by Gasteiger charge is -2.35. The van der Waals surface area contributed by atoms with E-state index in [0.29, 0.717) is 51.4 Å². The molecule has 0 bridgehead atoms. The molecule has 2 N–H and O–H groups in total. The maximum Gasteiger partial charge on any atom is 0.257 e. The van der Waals surface area contributed by atoms with Gasteiger partial charge in [-0.1, -0.05) is 0 Å². The monoisotopic (exact) mass is 377 g/mol. The highest BCUT2D eigenvalue weighted by molar-refractivity contribution is 5.97. The Morgan fingerprint density at radius 3 is 2.89 bits per heavy atom. The van der Waals surface area contributed by atoms with Crippen molar-refractivity contribution in [1.29, 1.82) is 0 Å². The van der Waals surface area contributed by atoms with E-state index < -0.39 is 5.82 Å². The Morgan fingerprint density at radius 1 is 1.30 bits per heavy atom. The van der Waals surface area contributed by atoms with Crippen LogP contribution in [0.25, 0.3) is 0 Å². The van der Waals surface area contributed by atoms with Gasteiger partial charge in [-0.25, -0.2) is 4.39 Å². The summed E-state index contributed by atoms with van der Waals surface area (Å²) < 4.78 is 19.4. The summed E-state index contributed by atoms with van der Waals surface area (Å²) in [6.45, 7) is 3.62. The Kier molecular flexibility index (Phi) is 6.66. The van der Waals surface area contributed by atoms with Gasteiger partial charge in [0, 0.05) is 32.6 Å². The molecule has 3 rings (SSSR count). The van der Waals surface area contributed by atoms with Crippen molar-refractivity contribution in [3.63, 3.8) is 0 Å². The minimum absolute atomic E-state index is 0.208. The van der Waals surface area contributed by atoms with E-state index in [0.717, 1.165) is 25.8 Å². The maximum atomic E-state index is 13.8. The molecule has 2 saturated heterocycles. The molecule has 1 aromatic carbocycles. The lowest BCUT2D eigenvalue weighted by Crippen LogP contribution is -2.44. The molecule has 1 aromatic rings. The van der Waals surface area contributed by atoms with E-state index in [9.17, 15) is 14.0 Å². The molecule has 6 nitrogen and oxygen atoms in total. The largest absolute Gasteiger partial charge is 0.493 e. The number of nitrogens with two attached hydrogens (primary N) is 1. The summed E-state index contributed by atoms with van der Waals surface area (Å²) in [5, 5.41) is 0. The highest BCUT2D eigenvalue weighted by atomic mass is 19.1. The molecule has 148 valence electrons. The number of piperidine rings is 1. The van der Waals surface area contributed by atoms with Crippen molar-refractivity contribution in [3.05, 3.63) is 29.6 Å². The lowest BCUT2D eigenvalue weighted by molar-refractivity contribution is -0.128. The predicted molar refractivity (Wildman–Crippen MR) is 100 cm³/mol. The fourth-order valence-electron chi connectivity index (χ4n) is 3.84. The van der Waals surface area contributed by atoms with Crippen LogP contribution in [0.15, 0.2) is 18.2 Å². The van der Waals surface area contributed by atoms with E-state index in [1.807, 2.05) is 4.90 Å². The normalized spacial score (nSPS) is 20.2. The van der Waals surface area contributed by atoms with Crippen LogP contribution in [0.3, 0.4) is 0 Å². The first-order valence-electron chi connectivity index (χ1n) is 9.78. The molecule has 2 aliphatic rings. The number of hydrogen-bond acceptors (Lipinski definition) is 4. The maximum absolute atomic E-state index is 13.8. The average molecular weight is 377 g/mol. The van der Waals surface area contributed by atoms with Gasteiger partial charge in [-0.15, -0.1) is 0 Å². The number of carbonyl (C=O) groups excluding carboxylic acids is 2. The number of likely N-dealkylation sites (tertiary alicyclic amines) is 2. The molecule has 2 amide bonds. The topological polar surface area (TPSA) is 75.9 Å². The molecule has 0 aromatic heterocycles. The van der Waals surface area contributed by atoms with Crippen molar-refractivity contribution in [1.82, 2.24) is 9.80 Å². The average Bonchev–Trinajstić information content (AvgIpc) is 3.07. The van der Waals surface area contributed by atoms with Gasteiger partial charge in [0.2, 0.25) is 5.91 Å². The van der Waals surface area contributed by atoms with Gasteiger partial charge in [-0.3, -0.25) is 9.59 Å². The van der Waals surface area contributed by atoms with Crippen LogP contribution in [-0.2, 0) is 4.79 Å². The number of rotatable bonds is 7. The van der Waals surface area contributed by atoms with E-state index in [1.165, 1.54) is 18.2 Å². The molecule has 0 aliphatic carbocycles. The standard InChI is InChI=1S/C20H28FN3O3/c21-16-6-7-18(27-11-3-8-22)17(12-16)20(26)24-10-1-4-15(14-24)13-23-9-2-5-19(23)25/h6-7,12,15H,1-5,8-11,13-14,22H2/t15-/m1/s1. The molecule has 1 atom stereocenters. The second-order valence-electron chi connectivity index (χ2n) is 7.33. The molecule has 0 spiro atoms. The first-order valence-corrected chi connectivity index (χ1v) is 9.78. The number of nitrogens with zero attached hydrogens (tertiary/aromatic N) is 2. The summed E-state index contributed by atoms with van der Waals surface area (Å²) in [4.78, 5) is 28.6. The van der Waals surface area contributed by atoms with Crippen LogP contribution in [0.4, 0.5) is 4.39 Å². The summed E-state index contributed by atoms with van der Waals surface area (Å²) in [5.41, 5.74) is 5.74. The molecule has 0 radical (unpaired) electrons. The Balaban J connectivity index is 1.67. The second kappa shape index (κ2) is 9.17. The van der Waals surface area contributed by atoms with Gasteiger partial charge in [0.05, 0.1) is 12.2 Å². The van der Waals surface area contributed by atoms with Crippen molar-refractivity contribution in [3.8, 4) is 5.75 Å². The van der Waals surface area contributed by atoms with E-state index in [4.69, 9.17) is 10.5 Å². The predicted octanol–water partition coefficient (Wildman–Crippen LogP) is 2.03. The second-order valence-corrected chi connectivity index (χ2v) is 7.33. The van der Waals surface area contributed by atoms with Gasteiger partial charge >= 0.3 is 0 Å². The van der Waals surface area contributed by atoms with E-state index in [1.54, 1.807) is 4.90 Å². The van der Waals surface area contributed by atoms with E-state index >= 15 is 0 Å². The van der Waals surface area contributed by atoms with Crippen LogP contribution in [0.1, 0.15) is 42.5 Å². The smallest absolute Gasteiger partial charge is 0.257 e. The van der Waals surface area contributed by atoms with Crippen LogP contribution >= 0.6 is 0 Å². The fraction of sp³-hybridized carbons (Fsp3) is 0.600. The zero-order chi connectivity index (χ0) is 19.2. The third-order valence-electron chi connectivity index (χ3n) is 5.23. The fourth-order valence-corrected chi connectivity index (χ4v) is 3.84. The van der Waals surface area contributed by atoms with Gasteiger partial charge in [0.25, 0.3) is 5.91 Å². The molecule has 2 fully saturated rings. The Hall–Kier alpha value is -2.15. The molecule has 2 aliphatic heterocycles. The van der Waals surface area contributed by atoms with Crippen molar-refractivity contribution < 1.29 is 18.7 Å². The van der Waals surface area contributed by atoms with Gasteiger partial charge < -0.3 is 20.3 Å². The van der Waals surface area contributed by atoms with Gasteiger partial charge in [0.1, 0.15) is 11.6 Å². The molecule has 0 unspecified atom stereocenters. The highest BCUT2D eigenvalue weighted by Gasteiger charge is 2.30. The minimum Gasteiger partial charge on any atom is -0.493 e. The van der Waals surface area contributed by atoms with Gasteiger partial charge in [0.15, 0.2) is 0 Å². The number of amides is 2. The zero-order valence-electron chi connectivity index (χ0n) is 15.7. The first-order chi connectivity index (χ1) is 13.1. The number of hydrogen-bond donors (Lipinski definition) is 1. The number of ether oxygens (including phenoxy) is 1. The molecule has 2 heterocycles. The van der Waals surface area contributed by atoms with Crippen LogP contribution < -0.4 is 10.5 Å². The van der Waals surface area contributed by atoms with Crippen molar-refractivity contribution in [2.24, 2.45) is 11.7 Å². The van der Waals surface area contributed by atoms with Crippen LogP contribution in [-0.4, -0.2) is 60.9 Å². The number of benzene rings is 1. The van der Waals surface area contributed by atoms with Crippen molar-refractivity contribution in [2.45, 2.75) is 32.1 Å². The van der Waals surface area contributed by atoms with Gasteiger partial charge in [-0.2, -0.15) is 0 Å². The summed E-state index contributed by atoms with van der Waals surface area (Å²) in [5.74, 6) is 0.196. The zero-order valence-corrected chi connectivity index (χ0v) is 15.7. The summed E-state index contributed by atoms with van der Waals surface area (Å²) >= 11 is 0. The molecular weight excluding hydrogens is 349 g/mol. The molecule has 27 heavy (non-hydrogen) atoms. The van der Waals surface area contributed by atoms with Crippen LogP contribution in [0.2, 0.25) is 0 Å². The number of halogens is 1. The third kappa shape index (κ3) is 4.97. The van der Waals surface area contributed by atoms with E-state index in [-0.39, 0.29) is 23.3 Å². The SMILES string of the molecule is NCCCOc1ccc(F)cc1C(=O)N1CCC[C@H](CN2CCCC2=O)C1. The Morgan fingerprint density at radius 2 is 2.15 bits per heavy atom. The Labute approximate surface area is 159 Å². The highest BCUT2D eigenvalue weighted by Crippen LogP contribution is 2.26. The van der Waals surface area contributed by atoms with Crippen molar-refractivity contribution in [2.75, 3.05) is 39.3 Å². The van der Waals surface area contributed by atoms with Crippen LogP contribution in [0, 0.1) is 11.7 Å². The number of carbonyl (C=O) groups is 2. The van der Waals surface area contributed by atoms with Crippen molar-refractivity contribution >= 4 is 11.8 Å². The lowest BCUT2D eigenvalue weighted by atomic mass is 9.96. The molecule has 0 saturated carbocycles. The first kappa shape index (κ1) is 19.6. The van der Waals surface area contributed by atoms with Gasteiger partial charge in [-0.05, 0) is 56.3 Å². The summed E-state index contributed by atoms with van der Waals surface area (Å²) in [7, 11) is 0. The summed E-state index contributed by atoms with van der Waals surface area (Å²) in [6, 6.07) is 4.05. The third-order valence-corrected chi connectivity index (χ3v) is 5.23. The Bertz CT molecular complexity index is 682. The minimum atomic E-state index is -0.458. The quantitative estimate of drug-likeness (QED) is 0.738.